The van der Waals surface area contributed by atoms with Gasteiger partial charge in [-0.05, 0) is 74.7 Å². The van der Waals surface area contributed by atoms with Crippen molar-refractivity contribution in [2.24, 2.45) is 5.10 Å². The largest absolute Gasteiger partial charge is 0.489 e. The Morgan fingerprint density at radius 1 is 0.837 bits per heavy atom. The lowest BCUT2D eigenvalue weighted by Gasteiger charge is -2.09. The zero-order valence-corrected chi connectivity index (χ0v) is 24.6. The first-order valence-electron chi connectivity index (χ1n) is 13.7. The maximum absolute atomic E-state index is 12.6. The van der Waals surface area contributed by atoms with E-state index in [1.54, 1.807) is 10.9 Å². The summed E-state index contributed by atoms with van der Waals surface area (Å²) in [6, 6.07) is 39.4. The highest BCUT2D eigenvalue weighted by Crippen LogP contribution is 2.33. The molecule has 1 aromatic heterocycles. The predicted octanol–water partition coefficient (Wildman–Crippen LogP) is 7.56. The van der Waals surface area contributed by atoms with Gasteiger partial charge in [-0.1, -0.05) is 78.9 Å². The summed E-state index contributed by atoms with van der Waals surface area (Å²) >= 11 is 3.59. The number of hydrogen-bond acceptors (Lipinski definition) is 5. The van der Waals surface area contributed by atoms with Crippen LogP contribution in [0.1, 0.15) is 11.1 Å². The van der Waals surface area contributed by atoms with Crippen LogP contribution in [0.25, 0.3) is 27.7 Å². The first-order valence-corrected chi connectivity index (χ1v) is 14.5. The van der Waals surface area contributed by atoms with Gasteiger partial charge in [0.1, 0.15) is 23.8 Å². The Bertz CT molecular complexity index is 1870. The fourth-order valence-electron chi connectivity index (χ4n) is 4.54. The van der Waals surface area contributed by atoms with Gasteiger partial charge in [0.25, 0.3) is 5.91 Å². The van der Waals surface area contributed by atoms with Crippen molar-refractivity contribution in [1.29, 1.82) is 0 Å². The fraction of sp³-hybridized carbons (Fsp3) is 0.0571. The highest BCUT2D eigenvalue weighted by molar-refractivity contribution is 9.10. The van der Waals surface area contributed by atoms with Crippen LogP contribution >= 0.6 is 15.9 Å². The lowest BCUT2D eigenvalue weighted by atomic mass is 10.1. The summed E-state index contributed by atoms with van der Waals surface area (Å²) in [6.45, 7) is 0.302. The van der Waals surface area contributed by atoms with Crippen molar-refractivity contribution in [2.75, 3.05) is 6.61 Å². The third-order valence-corrected chi connectivity index (χ3v) is 7.54. The SMILES string of the molecule is O=C(COc1ccc2ccccc2c1Br)N/N=C\c1cn(-c2ccccc2)nc1-c1ccc(OCc2ccccc2)cc1. The number of nitrogens with zero attached hydrogens (tertiary/aromatic N) is 3. The van der Waals surface area contributed by atoms with Crippen LogP contribution in [0.5, 0.6) is 11.5 Å². The van der Waals surface area contributed by atoms with Crippen LogP contribution in [0.15, 0.2) is 137 Å². The minimum absolute atomic E-state index is 0.186. The van der Waals surface area contributed by atoms with Gasteiger partial charge in [0.05, 0.1) is 16.4 Å². The van der Waals surface area contributed by atoms with Crippen molar-refractivity contribution in [1.82, 2.24) is 15.2 Å². The van der Waals surface area contributed by atoms with E-state index >= 15 is 0 Å². The second kappa shape index (κ2) is 13.2. The van der Waals surface area contributed by atoms with E-state index in [9.17, 15) is 4.79 Å². The number of amides is 1. The Hall–Kier alpha value is -5.21. The molecule has 0 atom stereocenters. The van der Waals surface area contributed by atoms with Crippen LogP contribution in [-0.4, -0.2) is 28.5 Å². The smallest absolute Gasteiger partial charge is 0.277 e. The predicted molar refractivity (Wildman–Crippen MR) is 173 cm³/mol. The number of carbonyl (C=O) groups is 1. The summed E-state index contributed by atoms with van der Waals surface area (Å²) in [5.41, 5.74) is 6.91. The molecule has 6 rings (SSSR count). The number of carbonyl (C=O) groups excluding carboxylic acids is 1. The van der Waals surface area contributed by atoms with E-state index < -0.39 is 0 Å². The standard InChI is InChI=1S/C35H27BrN4O3/c36-34-31-14-8-7-11-26(31)17-20-32(34)43-24-33(41)38-37-21-28-22-40(29-12-5-2-6-13-29)39-35(28)27-15-18-30(19-16-27)42-23-25-9-3-1-4-10-25/h1-22H,23-24H2,(H,38,41)/b37-21-. The molecular formula is C35H27BrN4O3. The maximum atomic E-state index is 12.6. The van der Waals surface area contributed by atoms with Crippen LogP contribution in [0.2, 0.25) is 0 Å². The molecule has 0 unspecified atom stereocenters. The lowest BCUT2D eigenvalue weighted by molar-refractivity contribution is -0.123. The van der Waals surface area contributed by atoms with Gasteiger partial charge in [-0.25, -0.2) is 10.1 Å². The van der Waals surface area contributed by atoms with E-state index in [2.05, 4.69) is 26.5 Å². The van der Waals surface area contributed by atoms with Gasteiger partial charge in [0, 0.05) is 17.3 Å². The summed E-state index contributed by atoms with van der Waals surface area (Å²) < 4.78 is 14.3. The minimum atomic E-state index is -0.381. The molecule has 0 aliphatic rings. The summed E-state index contributed by atoms with van der Waals surface area (Å²) in [5, 5.41) is 11.1. The number of hydrogen-bond donors (Lipinski definition) is 1. The molecule has 8 heteroatoms. The zero-order chi connectivity index (χ0) is 29.4. The van der Waals surface area contributed by atoms with Crippen molar-refractivity contribution in [3.63, 3.8) is 0 Å². The van der Waals surface area contributed by atoms with E-state index in [1.807, 2.05) is 128 Å². The molecule has 0 spiro atoms. The van der Waals surface area contributed by atoms with Crippen LogP contribution in [-0.2, 0) is 11.4 Å². The van der Waals surface area contributed by atoms with Crippen LogP contribution < -0.4 is 14.9 Å². The molecule has 0 radical (unpaired) electrons. The Morgan fingerprint density at radius 2 is 1.56 bits per heavy atom. The topological polar surface area (TPSA) is 77.7 Å². The summed E-state index contributed by atoms with van der Waals surface area (Å²) in [7, 11) is 0. The molecule has 43 heavy (non-hydrogen) atoms. The molecule has 0 saturated heterocycles. The zero-order valence-electron chi connectivity index (χ0n) is 23.1. The van der Waals surface area contributed by atoms with Crippen molar-refractivity contribution in [3.05, 3.63) is 143 Å². The van der Waals surface area contributed by atoms with Crippen molar-refractivity contribution in [2.45, 2.75) is 6.61 Å². The summed E-state index contributed by atoms with van der Waals surface area (Å²) in [5.74, 6) is 0.962. The number of para-hydroxylation sites is 1. The average molecular weight is 632 g/mol. The van der Waals surface area contributed by atoms with Gasteiger partial charge in [-0.3, -0.25) is 4.79 Å². The molecule has 0 bridgehead atoms. The van der Waals surface area contributed by atoms with Gasteiger partial charge in [0.2, 0.25) is 0 Å². The van der Waals surface area contributed by atoms with Gasteiger partial charge < -0.3 is 9.47 Å². The Labute approximate surface area is 257 Å². The molecule has 0 fully saturated rings. The first kappa shape index (κ1) is 27.9. The quantitative estimate of drug-likeness (QED) is 0.125. The van der Waals surface area contributed by atoms with E-state index in [-0.39, 0.29) is 12.5 Å². The van der Waals surface area contributed by atoms with Gasteiger partial charge >= 0.3 is 0 Å². The maximum Gasteiger partial charge on any atom is 0.277 e. The molecule has 0 aliphatic heterocycles. The molecule has 6 aromatic rings. The number of nitrogens with one attached hydrogen (secondary N) is 1. The van der Waals surface area contributed by atoms with E-state index in [0.717, 1.165) is 43.4 Å². The average Bonchev–Trinajstić information content (AvgIpc) is 3.49. The fourth-order valence-corrected chi connectivity index (χ4v) is 5.15. The molecule has 212 valence electrons. The molecule has 0 aliphatic carbocycles. The Balaban J connectivity index is 1.15. The van der Waals surface area contributed by atoms with E-state index in [0.29, 0.717) is 18.1 Å². The third kappa shape index (κ3) is 6.82. The molecule has 1 amide bonds. The number of benzene rings is 5. The lowest BCUT2D eigenvalue weighted by Crippen LogP contribution is -2.24. The third-order valence-electron chi connectivity index (χ3n) is 6.72. The minimum Gasteiger partial charge on any atom is -0.489 e. The van der Waals surface area contributed by atoms with E-state index in [4.69, 9.17) is 14.6 Å². The Morgan fingerprint density at radius 3 is 2.35 bits per heavy atom. The van der Waals surface area contributed by atoms with Crippen molar-refractivity contribution >= 4 is 38.8 Å². The molecule has 1 heterocycles. The van der Waals surface area contributed by atoms with Crippen LogP contribution in [0.4, 0.5) is 0 Å². The molecule has 5 aromatic carbocycles. The molecule has 7 nitrogen and oxygen atoms in total. The molecular weight excluding hydrogens is 604 g/mol. The number of fused-ring (bicyclic) bond motifs is 1. The number of hydrazone groups is 1. The van der Waals surface area contributed by atoms with Gasteiger partial charge in [-0.15, -0.1) is 0 Å². The highest BCUT2D eigenvalue weighted by atomic mass is 79.9. The van der Waals surface area contributed by atoms with Gasteiger partial charge in [0.15, 0.2) is 6.61 Å². The Kier molecular flexibility index (Phi) is 8.56. The number of aromatic nitrogens is 2. The van der Waals surface area contributed by atoms with Crippen molar-refractivity contribution < 1.29 is 14.3 Å². The van der Waals surface area contributed by atoms with E-state index in [1.165, 1.54) is 0 Å². The molecule has 0 saturated carbocycles. The van der Waals surface area contributed by atoms with Crippen LogP contribution in [0, 0.1) is 0 Å². The number of halogens is 1. The number of rotatable bonds is 10. The monoisotopic (exact) mass is 630 g/mol. The first-order chi connectivity index (χ1) is 21.1. The number of ether oxygens (including phenoxy) is 2. The van der Waals surface area contributed by atoms with Crippen LogP contribution in [0.3, 0.4) is 0 Å². The molecule has 1 N–H and O–H groups in total. The summed E-state index contributed by atoms with van der Waals surface area (Å²) in [4.78, 5) is 12.6. The van der Waals surface area contributed by atoms with Gasteiger partial charge in [-0.2, -0.15) is 10.2 Å². The second-order valence-corrected chi connectivity index (χ2v) is 10.5. The normalized spacial score (nSPS) is 11.1. The second-order valence-electron chi connectivity index (χ2n) is 9.69. The highest BCUT2D eigenvalue weighted by Gasteiger charge is 2.13. The van der Waals surface area contributed by atoms with Crippen molar-refractivity contribution in [3.8, 4) is 28.4 Å². The summed E-state index contributed by atoms with van der Waals surface area (Å²) in [6.07, 6.45) is 3.47.